The van der Waals surface area contributed by atoms with Crippen molar-refractivity contribution in [1.82, 2.24) is 4.90 Å². The third-order valence-corrected chi connectivity index (χ3v) is 4.17. The van der Waals surface area contributed by atoms with Crippen LogP contribution in [0.25, 0.3) is 0 Å². The molecular formula is C16H21NO3. The summed E-state index contributed by atoms with van der Waals surface area (Å²) in [6.45, 7) is 3.23. The second-order valence-corrected chi connectivity index (χ2v) is 5.35. The molecule has 1 aliphatic rings. The second-order valence-electron chi connectivity index (χ2n) is 5.35. The van der Waals surface area contributed by atoms with E-state index in [1.807, 2.05) is 42.2 Å². The molecule has 1 fully saturated rings. The fourth-order valence-electron chi connectivity index (χ4n) is 2.98. The molecule has 1 unspecified atom stereocenters. The van der Waals surface area contributed by atoms with E-state index in [1.165, 1.54) is 0 Å². The lowest BCUT2D eigenvalue weighted by molar-refractivity contribution is -0.144. The number of rotatable bonds is 4. The number of carbonyl (C=O) groups is 2. The highest BCUT2D eigenvalue weighted by atomic mass is 16.4. The largest absolute Gasteiger partial charge is 0.481 e. The molecule has 20 heavy (non-hydrogen) atoms. The van der Waals surface area contributed by atoms with E-state index in [1.54, 1.807) is 0 Å². The molecule has 1 aromatic rings. The molecule has 0 saturated carbocycles. The van der Waals surface area contributed by atoms with Gasteiger partial charge in [-0.2, -0.15) is 0 Å². The van der Waals surface area contributed by atoms with E-state index in [9.17, 15) is 14.7 Å². The lowest BCUT2D eigenvalue weighted by Gasteiger charge is -2.34. The first-order valence-corrected chi connectivity index (χ1v) is 7.20. The Morgan fingerprint density at radius 1 is 1.25 bits per heavy atom. The van der Waals surface area contributed by atoms with Gasteiger partial charge in [-0.25, -0.2) is 0 Å². The Bertz CT molecular complexity index is 464. The summed E-state index contributed by atoms with van der Waals surface area (Å²) in [5, 5.41) is 9.20. The number of carbonyl (C=O) groups excluding carboxylic acids is 1. The highest BCUT2D eigenvalue weighted by molar-refractivity contribution is 5.94. The summed E-state index contributed by atoms with van der Waals surface area (Å²) in [5.41, 5.74) is 0.705. The van der Waals surface area contributed by atoms with Crippen molar-refractivity contribution in [2.45, 2.75) is 26.2 Å². The van der Waals surface area contributed by atoms with E-state index in [0.717, 1.165) is 12.8 Å². The lowest BCUT2D eigenvalue weighted by Crippen LogP contribution is -2.41. The summed E-state index contributed by atoms with van der Waals surface area (Å²) < 4.78 is 0. The number of amides is 1. The van der Waals surface area contributed by atoms with Crippen LogP contribution in [0.5, 0.6) is 0 Å². The molecular weight excluding hydrogens is 254 g/mol. The summed E-state index contributed by atoms with van der Waals surface area (Å²) >= 11 is 0. The van der Waals surface area contributed by atoms with Crippen LogP contribution < -0.4 is 0 Å². The lowest BCUT2D eigenvalue weighted by atomic mass is 9.82. The number of likely N-dealkylation sites (tertiary alicyclic amines) is 1. The second kappa shape index (κ2) is 6.55. The number of piperidine rings is 1. The summed E-state index contributed by atoms with van der Waals surface area (Å²) in [6.07, 6.45) is 2.22. The van der Waals surface area contributed by atoms with E-state index in [-0.39, 0.29) is 17.7 Å². The highest BCUT2D eigenvalue weighted by Crippen LogP contribution is 2.28. The van der Waals surface area contributed by atoms with Crippen molar-refractivity contribution in [2.75, 3.05) is 13.1 Å². The third-order valence-electron chi connectivity index (χ3n) is 4.17. The monoisotopic (exact) mass is 275 g/mol. The highest BCUT2D eigenvalue weighted by Gasteiger charge is 2.31. The number of benzene rings is 1. The molecule has 4 heteroatoms. The first-order chi connectivity index (χ1) is 9.63. The first-order valence-electron chi connectivity index (χ1n) is 7.20. The SMILES string of the molecule is CCC(C(=O)O)C1CCN(C(=O)c2ccccc2)CC1. The van der Waals surface area contributed by atoms with Crippen LogP contribution in [-0.4, -0.2) is 35.0 Å². The van der Waals surface area contributed by atoms with Gasteiger partial charge in [0.25, 0.3) is 5.91 Å². The Labute approximate surface area is 119 Å². The number of hydrogen-bond donors (Lipinski definition) is 1. The van der Waals surface area contributed by atoms with Gasteiger partial charge in [0.2, 0.25) is 0 Å². The normalized spacial score (nSPS) is 17.8. The van der Waals surface area contributed by atoms with Gasteiger partial charge in [-0.05, 0) is 37.3 Å². The Balaban J connectivity index is 1.94. The molecule has 0 aliphatic carbocycles. The van der Waals surface area contributed by atoms with Gasteiger partial charge in [0.1, 0.15) is 0 Å². The number of hydrogen-bond acceptors (Lipinski definition) is 2. The zero-order valence-electron chi connectivity index (χ0n) is 11.8. The topological polar surface area (TPSA) is 57.6 Å². The van der Waals surface area contributed by atoms with Crippen molar-refractivity contribution >= 4 is 11.9 Å². The minimum Gasteiger partial charge on any atom is -0.481 e. The molecule has 1 N–H and O–H groups in total. The molecule has 1 heterocycles. The number of carboxylic acids is 1. The molecule has 1 saturated heterocycles. The van der Waals surface area contributed by atoms with Gasteiger partial charge in [-0.1, -0.05) is 25.1 Å². The maximum absolute atomic E-state index is 12.3. The quantitative estimate of drug-likeness (QED) is 0.919. The van der Waals surface area contributed by atoms with Gasteiger partial charge in [0, 0.05) is 18.7 Å². The molecule has 0 radical (unpaired) electrons. The van der Waals surface area contributed by atoms with Gasteiger partial charge in [0.15, 0.2) is 0 Å². The van der Waals surface area contributed by atoms with E-state index < -0.39 is 5.97 Å². The predicted octanol–water partition coefficient (Wildman–Crippen LogP) is 2.65. The molecule has 1 aromatic carbocycles. The van der Waals surface area contributed by atoms with E-state index in [2.05, 4.69) is 0 Å². The van der Waals surface area contributed by atoms with Crippen molar-refractivity contribution in [3.63, 3.8) is 0 Å². The molecule has 0 aromatic heterocycles. The van der Waals surface area contributed by atoms with Crippen molar-refractivity contribution in [3.05, 3.63) is 35.9 Å². The van der Waals surface area contributed by atoms with E-state index in [0.29, 0.717) is 25.1 Å². The van der Waals surface area contributed by atoms with Crippen LogP contribution in [0.3, 0.4) is 0 Å². The molecule has 0 bridgehead atoms. The van der Waals surface area contributed by atoms with Gasteiger partial charge >= 0.3 is 5.97 Å². The number of nitrogens with zero attached hydrogens (tertiary/aromatic N) is 1. The number of aliphatic carboxylic acids is 1. The van der Waals surface area contributed by atoms with Crippen molar-refractivity contribution in [2.24, 2.45) is 11.8 Å². The van der Waals surface area contributed by atoms with Crippen molar-refractivity contribution < 1.29 is 14.7 Å². The maximum atomic E-state index is 12.3. The van der Waals surface area contributed by atoms with E-state index >= 15 is 0 Å². The third kappa shape index (κ3) is 3.18. The van der Waals surface area contributed by atoms with Gasteiger partial charge < -0.3 is 10.0 Å². The summed E-state index contributed by atoms with van der Waals surface area (Å²) in [4.78, 5) is 25.3. The Morgan fingerprint density at radius 2 is 1.85 bits per heavy atom. The smallest absolute Gasteiger partial charge is 0.306 e. The zero-order chi connectivity index (χ0) is 14.5. The van der Waals surface area contributed by atoms with Crippen molar-refractivity contribution in [1.29, 1.82) is 0 Å². The fraction of sp³-hybridized carbons (Fsp3) is 0.500. The number of carboxylic acid groups (broad SMARTS) is 1. The molecule has 1 atom stereocenters. The minimum atomic E-state index is -0.708. The maximum Gasteiger partial charge on any atom is 0.306 e. The molecule has 4 nitrogen and oxygen atoms in total. The fourth-order valence-corrected chi connectivity index (χ4v) is 2.98. The Morgan fingerprint density at radius 3 is 2.35 bits per heavy atom. The summed E-state index contributed by atoms with van der Waals surface area (Å²) in [6, 6.07) is 9.25. The van der Waals surface area contributed by atoms with Crippen LogP contribution in [0.15, 0.2) is 30.3 Å². The average molecular weight is 275 g/mol. The Kier molecular flexibility index (Phi) is 4.77. The van der Waals surface area contributed by atoms with Gasteiger partial charge in [0.05, 0.1) is 5.92 Å². The van der Waals surface area contributed by atoms with E-state index in [4.69, 9.17) is 0 Å². The van der Waals surface area contributed by atoms with Crippen LogP contribution in [0.1, 0.15) is 36.5 Å². The van der Waals surface area contributed by atoms with Gasteiger partial charge in [-0.15, -0.1) is 0 Å². The summed E-state index contributed by atoms with van der Waals surface area (Å²) in [7, 11) is 0. The van der Waals surface area contributed by atoms with Gasteiger partial charge in [-0.3, -0.25) is 9.59 Å². The molecule has 1 aliphatic heterocycles. The van der Waals surface area contributed by atoms with Crippen molar-refractivity contribution in [3.8, 4) is 0 Å². The molecule has 2 rings (SSSR count). The first kappa shape index (κ1) is 14.6. The standard InChI is InChI=1S/C16H21NO3/c1-2-14(16(19)20)12-8-10-17(11-9-12)15(18)13-6-4-3-5-7-13/h3-7,12,14H,2,8-11H2,1H3,(H,19,20). The Hall–Kier alpha value is -1.84. The van der Waals surface area contributed by atoms with Crippen LogP contribution in [0.2, 0.25) is 0 Å². The molecule has 0 spiro atoms. The van der Waals surface area contributed by atoms with Crippen LogP contribution in [0.4, 0.5) is 0 Å². The van der Waals surface area contributed by atoms with Crippen LogP contribution in [0, 0.1) is 11.8 Å². The zero-order valence-corrected chi connectivity index (χ0v) is 11.8. The molecule has 1 amide bonds. The average Bonchev–Trinajstić information content (AvgIpc) is 2.48. The minimum absolute atomic E-state index is 0.0485. The molecule has 108 valence electrons. The van der Waals surface area contributed by atoms with Crippen LogP contribution in [-0.2, 0) is 4.79 Å². The van der Waals surface area contributed by atoms with Crippen LogP contribution >= 0.6 is 0 Å². The summed E-state index contributed by atoms with van der Waals surface area (Å²) in [5.74, 6) is -0.742. The predicted molar refractivity (Wildman–Crippen MR) is 76.5 cm³/mol.